The molecule has 5 aromatic rings. The molecule has 11 heteroatoms. The number of aryl methyl sites for hydroxylation is 1. The second-order valence-corrected chi connectivity index (χ2v) is 9.93. The number of imidazole rings is 1. The largest absolute Gasteiger partial charge is 0.388 e. The topological polar surface area (TPSA) is 111 Å². The molecule has 2 aromatic carbocycles. The summed E-state index contributed by atoms with van der Waals surface area (Å²) in [5.41, 5.74) is 1.99. The van der Waals surface area contributed by atoms with Crippen LogP contribution >= 0.6 is 0 Å². The average Bonchev–Trinajstić information content (AvgIpc) is 3.58. The van der Waals surface area contributed by atoms with E-state index in [1.165, 1.54) is 41.4 Å². The van der Waals surface area contributed by atoms with Crippen LogP contribution in [-0.2, 0) is 6.54 Å². The number of carbonyl (C=O) groups excluding carboxylic acids is 1. The van der Waals surface area contributed by atoms with Gasteiger partial charge in [-0.3, -0.25) is 14.2 Å². The summed E-state index contributed by atoms with van der Waals surface area (Å²) >= 11 is 0. The summed E-state index contributed by atoms with van der Waals surface area (Å²) < 4.78 is 18.1. The van der Waals surface area contributed by atoms with Gasteiger partial charge in [0, 0.05) is 30.5 Å². The van der Waals surface area contributed by atoms with Gasteiger partial charge >= 0.3 is 0 Å². The van der Waals surface area contributed by atoms with E-state index >= 15 is 0 Å². The Labute approximate surface area is 222 Å². The number of piperidine rings is 1. The van der Waals surface area contributed by atoms with E-state index in [1.54, 1.807) is 15.9 Å². The lowest BCUT2D eigenvalue weighted by Crippen LogP contribution is -2.49. The van der Waals surface area contributed by atoms with Crippen LogP contribution in [0.1, 0.15) is 28.9 Å². The third-order valence-electron chi connectivity index (χ3n) is 7.20. The standard InChI is InChI=1S/C28H26FN7O3/c1-19-15-34(17-30-19)22-6-8-23(9-7-22)36-25-24(14-32-36)27(38)35(18-31-25)16-28(39)10-12-33(13-11-28)26(37)20-2-4-21(29)5-3-20/h2-9,14-15,17-18,39H,10-13,16H2,1H3. The Bertz CT molecular complexity index is 1710. The van der Waals surface area contributed by atoms with Gasteiger partial charge in [-0.15, -0.1) is 0 Å². The van der Waals surface area contributed by atoms with Gasteiger partial charge in [-0.1, -0.05) is 0 Å². The van der Waals surface area contributed by atoms with Crippen LogP contribution in [0.15, 0.2) is 78.4 Å². The van der Waals surface area contributed by atoms with E-state index in [0.29, 0.717) is 42.5 Å². The minimum absolute atomic E-state index is 0.0531. The maximum Gasteiger partial charge on any atom is 0.264 e. The summed E-state index contributed by atoms with van der Waals surface area (Å²) in [4.78, 5) is 36.4. The Morgan fingerprint density at radius 1 is 1.00 bits per heavy atom. The van der Waals surface area contributed by atoms with E-state index < -0.39 is 11.4 Å². The van der Waals surface area contributed by atoms with E-state index in [-0.39, 0.29) is 18.0 Å². The number of rotatable bonds is 5. The van der Waals surface area contributed by atoms with Crippen LogP contribution in [0.5, 0.6) is 0 Å². The van der Waals surface area contributed by atoms with Crippen LogP contribution in [0.3, 0.4) is 0 Å². The molecule has 1 amide bonds. The molecular weight excluding hydrogens is 501 g/mol. The lowest BCUT2D eigenvalue weighted by atomic mass is 9.91. The van der Waals surface area contributed by atoms with E-state index in [0.717, 1.165) is 17.1 Å². The van der Waals surface area contributed by atoms with Crippen molar-refractivity contribution >= 4 is 16.9 Å². The van der Waals surface area contributed by atoms with Crippen LogP contribution in [0.25, 0.3) is 22.4 Å². The first kappa shape index (κ1) is 24.7. The van der Waals surface area contributed by atoms with Gasteiger partial charge < -0.3 is 14.6 Å². The number of aliphatic hydroxyl groups is 1. The van der Waals surface area contributed by atoms with Crippen molar-refractivity contribution < 1.29 is 14.3 Å². The second kappa shape index (κ2) is 9.59. The molecule has 3 aromatic heterocycles. The van der Waals surface area contributed by atoms with Gasteiger partial charge in [-0.2, -0.15) is 5.10 Å². The monoisotopic (exact) mass is 527 g/mol. The first-order chi connectivity index (χ1) is 18.8. The van der Waals surface area contributed by atoms with E-state index in [2.05, 4.69) is 15.1 Å². The molecule has 0 atom stereocenters. The fraction of sp³-hybridized carbons (Fsp3) is 0.250. The van der Waals surface area contributed by atoms with Gasteiger partial charge in [0.05, 0.1) is 36.1 Å². The fourth-order valence-electron chi connectivity index (χ4n) is 4.95. The van der Waals surface area contributed by atoms with Crippen molar-refractivity contribution in [3.05, 3.63) is 101 Å². The molecule has 1 aliphatic heterocycles. The number of benzene rings is 2. The summed E-state index contributed by atoms with van der Waals surface area (Å²) in [5.74, 6) is -0.613. The Morgan fingerprint density at radius 3 is 2.36 bits per heavy atom. The maximum absolute atomic E-state index is 13.3. The predicted molar refractivity (Wildman–Crippen MR) is 141 cm³/mol. The third kappa shape index (κ3) is 4.72. The second-order valence-electron chi connectivity index (χ2n) is 9.93. The zero-order valence-corrected chi connectivity index (χ0v) is 21.2. The number of carbonyl (C=O) groups is 1. The van der Waals surface area contributed by atoms with E-state index in [9.17, 15) is 19.1 Å². The average molecular weight is 528 g/mol. The molecule has 0 unspecified atom stereocenters. The molecule has 0 aliphatic carbocycles. The van der Waals surface area contributed by atoms with Crippen LogP contribution in [-0.4, -0.2) is 63.5 Å². The number of fused-ring (bicyclic) bond motifs is 1. The zero-order chi connectivity index (χ0) is 27.1. The lowest BCUT2D eigenvalue weighted by molar-refractivity contribution is -0.0299. The Kier molecular flexibility index (Phi) is 6.07. The summed E-state index contributed by atoms with van der Waals surface area (Å²) in [5, 5.41) is 16.0. The lowest BCUT2D eigenvalue weighted by Gasteiger charge is -2.38. The number of nitrogens with zero attached hydrogens (tertiary/aromatic N) is 7. The summed E-state index contributed by atoms with van der Waals surface area (Å²) in [6.07, 6.45) is 7.20. The predicted octanol–water partition coefficient (Wildman–Crippen LogP) is 2.88. The molecule has 198 valence electrons. The molecule has 0 saturated carbocycles. The SMILES string of the molecule is Cc1cn(-c2ccc(-n3ncc4c(=O)n(CC5(O)CCN(C(=O)c6ccc(F)cc6)CC5)cnc43)cc2)cn1. The van der Waals surface area contributed by atoms with Crippen molar-refractivity contribution in [2.45, 2.75) is 31.9 Å². The molecule has 10 nitrogen and oxygen atoms in total. The minimum atomic E-state index is -1.17. The van der Waals surface area contributed by atoms with Crippen molar-refractivity contribution in [2.24, 2.45) is 0 Å². The summed E-state index contributed by atoms with van der Waals surface area (Å²) in [6.45, 7) is 2.63. The minimum Gasteiger partial charge on any atom is -0.388 e. The van der Waals surface area contributed by atoms with E-state index in [4.69, 9.17) is 0 Å². The molecule has 0 bridgehead atoms. The highest BCUT2D eigenvalue weighted by Gasteiger charge is 2.35. The van der Waals surface area contributed by atoms with Crippen molar-refractivity contribution in [3.8, 4) is 11.4 Å². The Balaban J connectivity index is 1.17. The molecule has 0 spiro atoms. The van der Waals surface area contributed by atoms with E-state index in [1.807, 2.05) is 42.0 Å². The quantitative estimate of drug-likeness (QED) is 0.376. The van der Waals surface area contributed by atoms with Crippen LogP contribution < -0.4 is 5.56 Å². The van der Waals surface area contributed by atoms with Crippen molar-refractivity contribution in [1.29, 1.82) is 0 Å². The molecule has 6 rings (SSSR count). The van der Waals surface area contributed by atoms with Crippen molar-refractivity contribution in [2.75, 3.05) is 13.1 Å². The number of halogens is 1. The van der Waals surface area contributed by atoms with Crippen LogP contribution in [0.2, 0.25) is 0 Å². The number of amides is 1. The molecule has 0 radical (unpaired) electrons. The van der Waals surface area contributed by atoms with Gasteiger partial charge in [-0.05, 0) is 68.3 Å². The molecule has 39 heavy (non-hydrogen) atoms. The number of likely N-dealkylation sites (tertiary alicyclic amines) is 1. The van der Waals surface area contributed by atoms with Gasteiger partial charge in [0.1, 0.15) is 17.5 Å². The molecule has 1 N–H and O–H groups in total. The third-order valence-corrected chi connectivity index (χ3v) is 7.20. The van der Waals surface area contributed by atoms with Crippen molar-refractivity contribution in [1.82, 2.24) is 33.8 Å². The molecular formula is C28H26FN7O3. The highest BCUT2D eigenvalue weighted by Crippen LogP contribution is 2.25. The van der Waals surface area contributed by atoms with Crippen LogP contribution in [0.4, 0.5) is 4.39 Å². The molecule has 4 heterocycles. The van der Waals surface area contributed by atoms with Crippen molar-refractivity contribution in [3.63, 3.8) is 0 Å². The maximum atomic E-state index is 13.3. The zero-order valence-electron chi connectivity index (χ0n) is 21.2. The number of hydrogen-bond acceptors (Lipinski definition) is 6. The van der Waals surface area contributed by atoms with Gasteiger partial charge in [0.15, 0.2) is 5.65 Å². The highest BCUT2D eigenvalue weighted by atomic mass is 19.1. The molecule has 1 saturated heterocycles. The van der Waals surface area contributed by atoms with Gasteiger partial charge in [-0.25, -0.2) is 19.0 Å². The number of hydrogen-bond donors (Lipinski definition) is 1. The van der Waals surface area contributed by atoms with Crippen LogP contribution in [0, 0.1) is 12.7 Å². The first-order valence-electron chi connectivity index (χ1n) is 12.6. The number of aromatic nitrogens is 6. The highest BCUT2D eigenvalue weighted by molar-refractivity contribution is 5.94. The van der Waals surface area contributed by atoms with Gasteiger partial charge in [0.2, 0.25) is 0 Å². The fourth-order valence-corrected chi connectivity index (χ4v) is 4.95. The molecule has 1 aliphatic rings. The summed E-state index contributed by atoms with van der Waals surface area (Å²) in [6, 6.07) is 13.1. The van der Waals surface area contributed by atoms with Gasteiger partial charge in [0.25, 0.3) is 11.5 Å². The smallest absolute Gasteiger partial charge is 0.264 e. The summed E-state index contributed by atoms with van der Waals surface area (Å²) in [7, 11) is 0. The first-order valence-corrected chi connectivity index (χ1v) is 12.6. The Morgan fingerprint density at radius 2 is 1.69 bits per heavy atom. The molecule has 1 fully saturated rings. The normalized spacial score (nSPS) is 15.1. The Hall–Kier alpha value is -4.64.